The zero-order valence-electron chi connectivity index (χ0n) is 19.7. The van der Waals surface area contributed by atoms with E-state index in [0.29, 0.717) is 29.9 Å². The number of phenols is 1. The fourth-order valence-electron chi connectivity index (χ4n) is 3.62. The third-order valence-corrected chi connectivity index (χ3v) is 6.45. The number of hydrogen-bond donors (Lipinski definition) is 1. The van der Waals surface area contributed by atoms with Crippen LogP contribution in [0.1, 0.15) is 50.8 Å². The summed E-state index contributed by atoms with van der Waals surface area (Å²) in [7, 11) is 0. The number of hydrogen-bond acceptors (Lipinski definition) is 7. The number of aromatic amines is 1. The number of phenolic OH excluding ortho intramolecular Hbond substituents is 1. The molecule has 1 aromatic heterocycles. The minimum atomic E-state index is -3.06. The molecule has 0 aliphatic heterocycles. The highest BCUT2D eigenvalue weighted by atomic mass is 35.5. The summed E-state index contributed by atoms with van der Waals surface area (Å²) in [5.74, 6) is -1.21. The molecule has 1 aliphatic rings. The Bertz CT molecular complexity index is 1280. The molecule has 202 valence electrons. The van der Waals surface area contributed by atoms with Gasteiger partial charge in [-0.3, -0.25) is 4.79 Å². The van der Waals surface area contributed by atoms with E-state index in [1.807, 2.05) is 0 Å². The Kier molecular flexibility index (Phi) is 9.84. The fraction of sp³-hybridized carbons (Fsp3) is 0.269. The van der Waals surface area contributed by atoms with E-state index >= 15 is 0 Å². The molecule has 4 rings (SSSR count). The van der Waals surface area contributed by atoms with Crippen LogP contribution < -0.4 is 14.5 Å². The highest BCUT2D eigenvalue weighted by Crippen LogP contribution is 2.38. The SMILES string of the molecule is O=Cc1cccc(C(=O)O[C@@H](Cc2c(Cl)c[nH+]cc2Cl)c2ccc(OC(F)F)c(OCC3CC3)c2)c1O.[OH-]. The van der Waals surface area contributed by atoms with Gasteiger partial charge in [0.05, 0.1) is 12.2 Å². The highest BCUT2D eigenvalue weighted by Gasteiger charge is 2.27. The summed E-state index contributed by atoms with van der Waals surface area (Å²) < 4.78 is 42.1. The molecule has 0 amide bonds. The van der Waals surface area contributed by atoms with Gasteiger partial charge in [-0.15, -0.1) is 0 Å². The number of para-hydroxylation sites is 1. The third kappa shape index (κ3) is 7.09. The standard InChI is InChI=1S/C26H21Cl2F2NO6.H2O/c27-19-10-31-11-20(28)18(19)9-22(36-25(34)17-3-1-2-16(12-32)24(17)33)15-6-7-21(37-26(29)30)23(8-15)35-13-14-4-5-14;/h1-3,6-8,10-12,14,22,26,33H,4-5,9,13H2;1H2/t22-;/m0./s1. The average Bonchev–Trinajstić information content (AvgIpc) is 3.69. The van der Waals surface area contributed by atoms with Crippen molar-refractivity contribution in [2.24, 2.45) is 5.92 Å². The smallest absolute Gasteiger partial charge is 0.387 e. The van der Waals surface area contributed by atoms with Gasteiger partial charge < -0.3 is 24.8 Å². The first-order valence-corrected chi connectivity index (χ1v) is 12.1. The van der Waals surface area contributed by atoms with Gasteiger partial charge in [-0.1, -0.05) is 35.3 Å². The lowest BCUT2D eigenvalue weighted by atomic mass is 10.0. The summed E-state index contributed by atoms with van der Waals surface area (Å²) in [4.78, 5) is 27.1. The zero-order valence-corrected chi connectivity index (χ0v) is 21.2. The van der Waals surface area contributed by atoms with Crippen molar-refractivity contribution >= 4 is 35.5 Å². The Morgan fingerprint density at radius 3 is 2.47 bits per heavy atom. The number of aromatic hydroxyl groups is 1. The van der Waals surface area contributed by atoms with Crippen LogP contribution in [0.3, 0.4) is 0 Å². The van der Waals surface area contributed by atoms with Crippen molar-refractivity contribution < 1.29 is 48.1 Å². The molecule has 1 heterocycles. The molecular weight excluding hydrogens is 547 g/mol. The fourth-order valence-corrected chi connectivity index (χ4v) is 4.15. The Labute approximate surface area is 226 Å². The lowest BCUT2D eigenvalue weighted by molar-refractivity contribution is -0.377. The quantitative estimate of drug-likeness (QED) is 0.232. The number of ether oxygens (including phenoxy) is 3. The molecule has 0 saturated heterocycles. The first-order chi connectivity index (χ1) is 17.8. The second-order valence-corrected chi connectivity index (χ2v) is 9.24. The van der Waals surface area contributed by atoms with E-state index in [-0.39, 0.29) is 44.6 Å². The van der Waals surface area contributed by atoms with Gasteiger partial charge in [0, 0.05) is 12.0 Å². The van der Waals surface area contributed by atoms with Crippen molar-refractivity contribution in [1.82, 2.24) is 0 Å². The van der Waals surface area contributed by atoms with Gasteiger partial charge in [0.1, 0.15) is 27.5 Å². The molecule has 1 atom stereocenters. The number of carbonyl (C=O) groups is 2. The Balaban J connectivity index is 0.00000400. The lowest BCUT2D eigenvalue weighted by Crippen LogP contribution is -2.16. The number of pyridine rings is 1. The molecular formula is C26H23Cl2F2NO7. The molecule has 0 radical (unpaired) electrons. The molecule has 38 heavy (non-hydrogen) atoms. The molecule has 0 bridgehead atoms. The largest absolute Gasteiger partial charge is 0.870 e. The van der Waals surface area contributed by atoms with E-state index in [1.165, 1.54) is 48.8 Å². The number of aldehydes is 1. The summed E-state index contributed by atoms with van der Waals surface area (Å²) >= 11 is 12.6. The van der Waals surface area contributed by atoms with Crippen LogP contribution in [0.15, 0.2) is 48.8 Å². The van der Waals surface area contributed by atoms with Crippen LogP contribution in [0.5, 0.6) is 17.2 Å². The maximum atomic E-state index is 13.1. The van der Waals surface area contributed by atoms with Crippen molar-refractivity contribution in [1.29, 1.82) is 0 Å². The summed E-state index contributed by atoms with van der Waals surface area (Å²) in [6.07, 6.45) is 4.36. The minimum Gasteiger partial charge on any atom is -0.870 e. The first kappa shape index (κ1) is 29.1. The highest BCUT2D eigenvalue weighted by molar-refractivity contribution is 6.35. The molecule has 8 nitrogen and oxygen atoms in total. The normalized spacial score (nSPS) is 13.4. The van der Waals surface area contributed by atoms with E-state index < -0.39 is 24.4 Å². The maximum absolute atomic E-state index is 13.1. The van der Waals surface area contributed by atoms with Crippen LogP contribution in [-0.2, 0) is 11.2 Å². The van der Waals surface area contributed by atoms with E-state index in [4.69, 9.17) is 32.7 Å². The molecule has 2 aromatic carbocycles. The third-order valence-electron chi connectivity index (χ3n) is 5.78. The number of nitrogens with one attached hydrogen (secondary N) is 1. The summed E-state index contributed by atoms with van der Waals surface area (Å²) in [6, 6.07) is 8.30. The number of alkyl halides is 2. The van der Waals surface area contributed by atoms with Crippen LogP contribution in [0.4, 0.5) is 8.78 Å². The molecule has 1 saturated carbocycles. The first-order valence-electron chi connectivity index (χ1n) is 11.3. The van der Waals surface area contributed by atoms with E-state index in [1.54, 1.807) is 0 Å². The predicted molar refractivity (Wildman–Crippen MR) is 132 cm³/mol. The van der Waals surface area contributed by atoms with Crippen LogP contribution >= 0.6 is 23.2 Å². The number of H-pyrrole nitrogens is 1. The van der Waals surface area contributed by atoms with Gasteiger partial charge in [0.2, 0.25) is 0 Å². The second-order valence-electron chi connectivity index (χ2n) is 8.43. The lowest BCUT2D eigenvalue weighted by Gasteiger charge is -2.21. The number of esters is 1. The molecule has 0 unspecified atom stereocenters. The number of rotatable bonds is 11. The number of benzene rings is 2. The summed E-state index contributed by atoms with van der Waals surface area (Å²) in [5, 5.41) is 10.9. The molecule has 0 spiro atoms. The van der Waals surface area contributed by atoms with Gasteiger partial charge in [-0.25, -0.2) is 9.78 Å². The van der Waals surface area contributed by atoms with E-state index in [9.17, 15) is 23.5 Å². The van der Waals surface area contributed by atoms with Crippen molar-refractivity contribution in [3.8, 4) is 17.2 Å². The number of halogens is 4. The van der Waals surface area contributed by atoms with Crippen LogP contribution in [0.2, 0.25) is 10.0 Å². The minimum absolute atomic E-state index is 0. The number of carbonyl (C=O) groups excluding carboxylic acids is 2. The van der Waals surface area contributed by atoms with Gasteiger partial charge in [-0.2, -0.15) is 8.78 Å². The summed E-state index contributed by atoms with van der Waals surface area (Å²) in [6.45, 7) is -2.74. The van der Waals surface area contributed by atoms with Crippen molar-refractivity contribution in [3.63, 3.8) is 0 Å². The molecule has 1 fully saturated rings. The van der Waals surface area contributed by atoms with Crippen LogP contribution in [-0.4, -0.2) is 36.1 Å². The Morgan fingerprint density at radius 1 is 1.13 bits per heavy atom. The van der Waals surface area contributed by atoms with Crippen molar-refractivity contribution in [3.05, 3.63) is 81.1 Å². The van der Waals surface area contributed by atoms with Gasteiger partial charge >= 0.3 is 12.6 Å². The Hall–Kier alpha value is -3.47. The number of aromatic nitrogens is 1. The van der Waals surface area contributed by atoms with E-state index in [2.05, 4.69) is 9.72 Å². The predicted octanol–water partition coefficient (Wildman–Crippen LogP) is 5.68. The molecule has 12 heteroatoms. The molecule has 1 aliphatic carbocycles. The van der Waals surface area contributed by atoms with Crippen LogP contribution in [0.25, 0.3) is 0 Å². The van der Waals surface area contributed by atoms with Crippen molar-refractivity contribution in [2.75, 3.05) is 6.61 Å². The van der Waals surface area contributed by atoms with Gasteiger partial charge in [0.15, 0.2) is 30.2 Å². The maximum Gasteiger partial charge on any atom is 0.387 e. The summed E-state index contributed by atoms with van der Waals surface area (Å²) in [5.41, 5.74) is 0.530. The van der Waals surface area contributed by atoms with Crippen LogP contribution in [0, 0.1) is 5.92 Å². The zero-order chi connectivity index (χ0) is 26.5. The van der Waals surface area contributed by atoms with E-state index in [0.717, 1.165) is 12.8 Å². The topological polar surface area (TPSA) is 126 Å². The average molecular weight is 570 g/mol. The monoisotopic (exact) mass is 569 g/mol. The van der Waals surface area contributed by atoms with Gasteiger partial charge in [0.25, 0.3) is 0 Å². The second kappa shape index (κ2) is 12.9. The van der Waals surface area contributed by atoms with Gasteiger partial charge in [-0.05, 0) is 48.6 Å². The molecule has 3 N–H and O–H groups in total. The molecule has 3 aromatic rings. The Morgan fingerprint density at radius 2 is 1.84 bits per heavy atom. The van der Waals surface area contributed by atoms with Crippen molar-refractivity contribution in [2.45, 2.75) is 32.0 Å².